The van der Waals surface area contributed by atoms with Crippen molar-refractivity contribution in [2.75, 3.05) is 25.0 Å². The van der Waals surface area contributed by atoms with Crippen LogP contribution >= 0.6 is 0 Å². The summed E-state index contributed by atoms with van der Waals surface area (Å²) in [5, 5.41) is 15.5. The molecule has 0 radical (unpaired) electrons. The lowest BCUT2D eigenvalue weighted by atomic mass is 9.99. The molecule has 1 heterocycles. The Morgan fingerprint density at radius 3 is 2.04 bits per heavy atom. The number of carbonyl (C=O) groups is 1. The minimum absolute atomic E-state index is 0.00719. The Morgan fingerprint density at radius 2 is 1.39 bits per heavy atom. The second-order valence-electron chi connectivity index (χ2n) is 13.6. The Kier molecular flexibility index (Phi) is 17.7. The molecule has 1 aliphatic heterocycles. The van der Waals surface area contributed by atoms with Gasteiger partial charge in [0.05, 0.1) is 18.8 Å². The van der Waals surface area contributed by atoms with E-state index >= 15 is 0 Å². The first-order valence-corrected chi connectivity index (χ1v) is 19.0. The molecule has 1 saturated heterocycles. The van der Waals surface area contributed by atoms with Crippen molar-refractivity contribution in [3.63, 3.8) is 0 Å². The van der Waals surface area contributed by atoms with Crippen LogP contribution < -0.4 is 10.6 Å². The van der Waals surface area contributed by atoms with E-state index in [0.29, 0.717) is 12.2 Å². The molecule has 3 N–H and O–H groups in total. The molecular formula is C42H61N3O4. The van der Waals surface area contributed by atoms with Crippen molar-refractivity contribution in [2.24, 2.45) is 0 Å². The third-order valence-electron chi connectivity index (χ3n) is 9.45. The van der Waals surface area contributed by atoms with Gasteiger partial charge in [0, 0.05) is 30.8 Å². The van der Waals surface area contributed by atoms with Gasteiger partial charge in [0.15, 0.2) is 6.29 Å². The first kappa shape index (κ1) is 38.6. The van der Waals surface area contributed by atoms with Gasteiger partial charge in [-0.15, -0.1) is 0 Å². The van der Waals surface area contributed by atoms with Crippen LogP contribution in [0.5, 0.6) is 0 Å². The summed E-state index contributed by atoms with van der Waals surface area (Å²) in [6.45, 7) is 8.08. The number of hydrogen-bond donors (Lipinski definition) is 3. The zero-order valence-electron chi connectivity index (χ0n) is 30.1. The van der Waals surface area contributed by atoms with Crippen molar-refractivity contribution < 1.29 is 19.4 Å². The van der Waals surface area contributed by atoms with Crippen molar-refractivity contribution in [2.45, 2.75) is 129 Å². The Morgan fingerprint density at radius 1 is 0.735 bits per heavy atom. The SMILES string of the molecule is CCCCCCCCN(CCCCCCCC)CC1CC(c2ccc(CO)cc2)OC(c2cccc(NC(=O)NCc3ccccc3)c2)O1. The molecule has 3 atom stereocenters. The number of amides is 2. The number of nitrogens with zero attached hydrogens (tertiary/aromatic N) is 1. The van der Waals surface area contributed by atoms with E-state index in [-0.39, 0.29) is 24.8 Å². The van der Waals surface area contributed by atoms with Crippen LogP contribution in [-0.2, 0) is 22.6 Å². The number of anilines is 1. The summed E-state index contributed by atoms with van der Waals surface area (Å²) in [6.07, 6.45) is 15.5. The van der Waals surface area contributed by atoms with Crippen molar-refractivity contribution in [3.05, 3.63) is 101 Å². The van der Waals surface area contributed by atoms with E-state index < -0.39 is 6.29 Å². The monoisotopic (exact) mass is 671 g/mol. The summed E-state index contributed by atoms with van der Waals surface area (Å²) in [5.41, 5.74) is 4.58. The van der Waals surface area contributed by atoms with E-state index in [9.17, 15) is 9.90 Å². The maximum atomic E-state index is 12.7. The second-order valence-corrected chi connectivity index (χ2v) is 13.6. The number of unbranched alkanes of at least 4 members (excludes halogenated alkanes) is 10. The number of hydrogen-bond acceptors (Lipinski definition) is 5. The normalized spacial score (nSPS) is 17.7. The Hall–Kier alpha value is -3.23. The molecule has 0 bridgehead atoms. The summed E-state index contributed by atoms with van der Waals surface area (Å²) in [4.78, 5) is 15.4. The number of benzene rings is 3. The van der Waals surface area contributed by atoms with Gasteiger partial charge in [0.1, 0.15) is 0 Å². The number of carbonyl (C=O) groups excluding carboxylic acids is 1. The highest BCUT2D eigenvalue weighted by atomic mass is 16.7. The van der Waals surface area contributed by atoms with Crippen LogP contribution in [0, 0.1) is 0 Å². The van der Waals surface area contributed by atoms with Gasteiger partial charge in [-0.2, -0.15) is 0 Å². The van der Waals surface area contributed by atoms with Crippen molar-refractivity contribution in [3.8, 4) is 0 Å². The predicted molar refractivity (Wildman–Crippen MR) is 200 cm³/mol. The summed E-state index contributed by atoms with van der Waals surface area (Å²) >= 11 is 0. The maximum Gasteiger partial charge on any atom is 0.319 e. The minimum atomic E-state index is -0.569. The van der Waals surface area contributed by atoms with E-state index in [1.807, 2.05) is 66.7 Å². The van der Waals surface area contributed by atoms with Gasteiger partial charge in [-0.3, -0.25) is 0 Å². The molecule has 0 aromatic heterocycles. The van der Waals surface area contributed by atoms with E-state index in [0.717, 1.165) is 48.3 Å². The van der Waals surface area contributed by atoms with E-state index in [1.54, 1.807) is 0 Å². The Balaban J connectivity index is 1.44. The molecule has 1 fully saturated rings. The van der Waals surface area contributed by atoms with Gasteiger partial charge in [-0.25, -0.2) is 4.79 Å². The molecule has 2 amide bonds. The molecule has 7 nitrogen and oxygen atoms in total. The number of rotatable bonds is 22. The Labute approximate surface area is 295 Å². The molecule has 7 heteroatoms. The summed E-state index contributed by atoms with van der Waals surface area (Å²) in [7, 11) is 0. The quantitative estimate of drug-likeness (QED) is 0.0927. The van der Waals surface area contributed by atoms with Crippen LogP contribution in [0.4, 0.5) is 10.5 Å². The molecule has 0 aliphatic carbocycles. The van der Waals surface area contributed by atoms with E-state index in [1.165, 1.54) is 77.0 Å². The van der Waals surface area contributed by atoms with Crippen LogP contribution in [-0.4, -0.2) is 41.8 Å². The molecule has 3 unspecified atom stereocenters. The van der Waals surface area contributed by atoms with Crippen molar-refractivity contribution in [1.82, 2.24) is 10.2 Å². The highest BCUT2D eigenvalue weighted by Gasteiger charge is 2.33. The first-order valence-electron chi connectivity index (χ1n) is 19.0. The molecule has 268 valence electrons. The smallest absolute Gasteiger partial charge is 0.319 e. The minimum Gasteiger partial charge on any atom is -0.392 e. The molecule has 49 heavy (non-hydrogen) atoms. The van der Waals surface area contributed by atoms with Gasteiger partial charge in [-0.1, -0.05) is 145 Å². The maximum absolute atomic E-state index is 12.7. The fourth-order valence-electron chi connectivity index (χ4n) is 6.56. The van der Waals surface area contributed by atoms with Crippen LogP contribution in [0.15, 0.2) is 78.9 Å². The topological polar surface area (TPSA) is 83.1 Å². The fourth-order valence-corrected chi connectivity index (χ4v) is 6.56. The van der Waals surface area contributed by atoms with Crippen molar-refractivity contribution >= 4 is 11.7 Å². The second kappa shape index (κ2) is 22.5. The third kappa shape index (κ3) is 14.3. The van der Waals surface area contributed by atoms with Crippen LogP contribution in [0.25, 0.3) is 0 Å². The van der Waals surface area contributed by atoms with Crippen LogP contribution in [0.3, 0.4) is 0 Å². The lowest BCUT2D eigenvalue weighted by molar-refractivity contribution is -0.253. The average molecular weight is 672 g/mol. The van der Waals surface area contributed by atoms with E-state index in [4.69, 9.17) is 9.47 Å². The third-order valence-corrected chi connectivity index (χ3v) is 9.45. The number of aliphatic hydroxyl groups excluding tert-OH is 1. The standard InChI is InChI=1S/C42H61N3O4/c1-3-5-7-9-11-16-27-45(28-17-12-10-8-6-4-2)32-39-30-40(36-25-23-35(33-46)24-26-36)49-41(48-39)37-21-18-22-38(29-37)44-42(47)43-31-34-19-14-13-15-20-34/h13-15,18-26,29,39-41,46H,3-12,16-17,27-28,30-33H2,1-2H3,(H2,43,44,47). The van der Waals surface area contributed by atoms with Gasteiger partial charge in [0.2, 0.25) is 0 Å². The summed E-state index contributed by atoms with van der Waals surface area (Å²) in [5.74, 6) is 0. The largest absolute Gasteiger partial charge is 0.392 e. The molecule has 4 rings (SSSR count). The molecular weight excluding hydrogens is 610 g/mol. The number of aliphatic hydroxyl groups is 1. The highest BCUT2D eigenvalue weighted by molar-refractivity contribution is 5.89. The Bertz CT molecular complexity index is 1300. The van der Waals surface area contributed by atoms with Crippen molar-refractivity contribution in [1.29, 1.82) is 0 Å². The fraction of sp³-hybridized carbons (Fsp3) is 0.548. The lowest BCUT2D eigenvalue weighted by Crippen LogP contribution is -2.40. The van der Waals surface area contributed by atoms with E-state index in [2.05, 4.69) is 41.5 Å². The first-order chi connectivity index (χ1) is 24.1. The molecule has 0 saturated carbocycles. The number of nitrogens with one attached hydrogen (secondary N) is 2. The highest BCUT2D eigenvalue weighted by Crippen LogP contribution is 2.38. The van der Waals surface area contributed by atoms with Crippen LogP contribution in [0.1, 0.15) is 132 Å². The summed E-state index contributed by atoms with van der Waals surface area (Å²) in [6, 6.07) is 25.5. The zero-order valence-corrected chi connectivity index (χ0v) is 30.1. The summed E-state index contributed by atoms with van der Waals surface area (Å²) < 4.78 is 13.4. The molecule has 0 spiro atoms. The predicted octanol–water partition coefficient (Wildman–Crippen LogP) is 10.1. The van der Waals surface area contributed by atoms with Gasteiger partial charge in [-0.05, 0) is 54.8 Å². The molecule has 3 aromatic carbocycles. The average Bonchev–Trinajstić information content (AvgIpc) is 3.14. The molecule has 3 aromatic rings. The molecule has 1 aliphatic rings. The van der Waals surface area contributed by atoms with Crippen LogP contribution in [0.2, 0.25) is 0 Å². The van der Waals surface area contributed by atoms with Gasteiger partial charge >= 0.3 is 6.03 Å². The zero-order chi connectivity index (χ0) is 34.5. The number of urea groups is 1. The lowest BCUT2D eigenvalue weighted by Gasteiger charge is -2.38. The van der Waals surface area contributed by atoms with Gasteiger partial charge in [0.25, 0.3) is 0 Å². The van der Waals surface area contributed by atoms with Gasteiger partial charge < -0.3 is 30.1 Å². The number of ether oxygens (including phenoxy) is 2.